The molecule has 0 radical (unpaired) electrons. The first-order valence-corrected chi connectivity index (χ1v) is 43.0. The number of benzene rings is 17. The second-order valence-electron chi connectivity index (χ2n) is 32.4. The Bertz CT molecular complexity index is 8410. The predicted molar refractivity (Wildman–Crippen MR) is 508 cm³/mol. The zero-order valence-corrected chi connectivity index (χ0v) is 67.8. The molecule has 25 rings (SSSR count). The molecule has 122 heavy (non-hydrogen) atoms. The quantitative estimate of drug-likeness (QED) is 0.121. The maximum atomic E-state index is 5.48. The van der Waals surface area contributed by atoms with Crippen molar-refractivity contribution in [3.63, 3.8) is 0 Å². The fourth-order valence-corrected chi connectivity index (χ4v) is 21.6. The second kappa shape index (κ2) is 27.3. The lowest BCUT2D eigenvalue weighted by Gasteiger charge is -2.22. The molecule has 0 spiro atoms. The Balaban J connectivity index is 0.588. The summed E-state index contributed by atoms with van der Waals surface area (Å²) in [7, 11) is 0. The van der Waals surface area contributed by atoms with Gasteiger partial charge in [-0.25, -0.2) is 29.9 Å². The van der Waals surface area contributed by atoms with Crippen LogP contribution < -0.4 is 0 Å². The topological polar surface area (TPSA) is 92.1 Å². The molecule has 17 aromatic carbocycles. The summed E-state index contributed by atoms with van der Waals surface area (Å²) in [6.45, 7) is 4.73. The third-order valence-corrected chi connectivity index (χ3v) is 27.4. The van der Waals surface area contributed by atoms with E-state index in [1.165, 1.54) is 73.6 Å². The van der Waals surface area contributed by atoms with Crippen LogP contribution in [0.15, 0.2) is 382 Å². The molecule has 0 N–H and O–H groups in total. The van der Waals surface area contributed by atoms with Gasteiger partial charge in [-0.1, -0.05) is 269 Å². The van der Waals surface area contributed by atoms with E-state index in [-0.39, 0.29) is 5.41 Å². The molecular formula is C111H69N9S2. The molecule has 1 aliphatic carbocycles. The Morgan fingerprint density at radius 3 is 1.02 bits per heavy atom. The minimum Gasteiger partial charge on any atom is -0.309 e. The van der Waals surface area contributed by atoms with E-state index in [0.29, 0.717) is 34.9 Å². The number of hydrogen-bond acceptors (Lipinski definition) is 8. The first kappa shape index (κ1) is 69.7. The highest BCUT2D eigenvalue weighted by Gasteiger charge is 2.36. The van der Waals surface area contributed by atoms with Crippen molar-refractivity contribution >= 4 is 128 Å². The van der Waals surface area contributed by atoms with Gasteiger partial charge in [0.25, 0.3) is 0 Å². The van der Waals surface area contributed by atoms with Crippen LogP contribution >= 0.6 is 22.7 Å². The summed E-state index contributed by atoms with van der Waals surface area (Å²) in [6.07, 6.45) is 0. The van der Waals surface area contributed by atoms with Crippen molar-refractivity contribution in [1.29, 1.82) is 0 Å². The van der Waals surface area contributed by atoms with Crippen LogP contribution in [0.5, 0.6) is 0 Å². The minimum atomic E-state index is -0.183. The van der Waals surface area contributed by atoms with Crippen molar-refractivity contribution in [2.24, 2.45) is 0 Å². The van der Waals surface area contributed by atoms with Gasteiger partial charge in [-0.2, -0.15) is 0 Å². The van der Waals surface area contributed by atoms with Crippen LogP contribution in [-0.2, 0) is 5.41 Å². The van der Waals surface area contributed by atoms with Gasteiger partial charge in [0.1, 0.15) is 0 Å². The van der Waals surface area contributed by atoms with E-state index in [4.69, 9.17) is 29.9 Å². The molecule has 11 heteroatoms. The zero-order valence-electron chi connectivity index (χ0n) is 66.2. The van der Waals surface area contributed by atoms with Gasteiger partial charge in [-0.05, 0) is 183 Å². The Morgan fingerprint density at radius 1 is 0.197 bits per heavy atom. The lowest BCUT2D eigenvalue weighted by atomic mass is 9.82. The molecule has 0 bridgehead atoms. The molecule has 24 aromatic rings. The predicted octanol–water partition coefficient (Wildman–Crippen LogP) is 29.4. The normalized spacial score (nSPS) is 12.6. The van der Waals surface area contributed by atoms with Crippen LogP contribution in [0, 0.1) is 0 Å². The average Bonchev–Trinajstić information content (AvgIpc) is 1.57. The van der Waals surface area contributed by atoms with Gasteiger partial charge < -0.3 is 13.7 Å². The van der Waals surface area contributed by atoms with Crippen LogP contribution in [-0.4, -0.2) is 43.6 Å². The highest BCUT2D eigenvalue weighted by molar-refractivity contribution is 7.26. The molecule has 0 fully saturated rings. The first-order chi connectivity index (χ1) is 60.2. The maximum absolute atomic E-state index is 5.48. The van der Waals surface area contributed by atoms with E-state index >= 15 is 0 Å². The van der Waals surface area contributed by atoms with Crippen molar-refractivity contribution in [2.45, 2.75) is 19.3 Å². The van der Waals surface area contributed by atoms with Crippen LogP contribution in [0.3, 0.4) is 0 Å². The monoisotopic (exact) mass is 1590 g/mol. The highest BCUT2D eigenvalue weighted by atomic mass is 32.1. The van der Waals surface area contributed by atoms with Crippen molar-refractivity contribution in [3.8, 4) is 130 Å². The fraction of sp³-hybridized carbons (Fsp3) is 0.0270. The number of fused-ring (bicyclic) bond motifs is 18. The molecule has 0 saturated heterocycles. The maximum Gasteiger partial charge on any atom is 0.164 e. The molecule has 9 nitrogen and oxygen atoms in total. The Kier molecular flexibility index (Phi) is 15.6. The molecule has 7 heterocycles. The summed E-state index contributed by atoms with van der Waals surface area (Å²) < 4.78 is 12.0. The summed E-state index contributed by atoms with van der Waals surface area (Å²) in [4.78, 5) is 31.7. The second-order valence-corrected chi connectivity index (χ2v) is 34.6. The molecule has 0 unspecified atom stereocenters. The van der Waals surface area contributed by atoms with Gasteiger partial charge in [-0.15, -0.1) is 22.7 Å². The standard InChI is InChI=1S/C111H69N9S2/c1-111(2)91-36-18-15-31-79(91)80-52-50-78(65-92(80)111)120-96-53-45-71(59-86(96)87-61-73(47-55-97(87)120)75-49-58-100-90(63-75)103-83(34-21-39-101(103)122-100)109-114-105(67-23-7-3-8-24-67)112-106(115-109)68-25-9-4-10-26-68)66-41-43-70(44-42-66)108-113-107(69-27-11-5-12-28-69)116-110(117-108)84-35-22-40-102-104(84)89-62-74(48-57-99(89)121-102)72-46-54-95-85(60-72)81-32-16-20-38-94(81)119(95)77-51-56-98-88(64-77)82-33-17-19-37-93(82)118(98)76-29-13-6-14-30-76/h3-65H,1-2H3. The van der Waals surface area contributed by atoms with Gasteiger partial charge in [-0.3, -0.25) is 0 Å². The molecule has 0 saturated carbocycles. The summed E-state index contributed by atoms with van der Waals surface area (Å²) in [5.41, 5.74) is 27.7. The van der Waals surface area contributed by atoms with E-state index in [9.17, 15) is 0 Å². The summed E-state index contributed by atoms with van der Waals surface area (Å²) in [5, 5.41) is 11.7. The lowest BCUT2D eigenvalue weighted by molar-refractivity contribution is 0.660. The number of para-hydroxylation sites is 3. The van der Waals surface area contributed by atoms with Gasteiger partial charge in [0.2, 0.25) is 0 Å². The molecule has 0 atom stereocenters. The van der Waals surface area contributed by atoms with Gasteiger partial charge in [0.15, 0.2) is 34.9 Å². The zero-order chi connectivity index (χ0) is 80.4. The Hall–Kier alpha value is -15.4. The fourth-order valence-electron chi connectivity index (χ4n) is 19.3. The summed E-state index contributed by atoms with van der Waals surface area (Å²) in [5.74, 6) is 3.73. The molecule has 0 amide bonds. The Labute approximate surface area is 709 Å². The van der Waals surface area contributed by atoms with Gasteiger partial charge in [0.05, 0.1) is 33.1 Å². The van der Waals surface area contributed by atoms with E-state index in [1.54, 1.807) is 22.7 Å². The van der Waals surface area contributed by atoms with E-state index in [2.05, 4.69) is 355 Å². The minimum absolute atomic E-state index is 0.183. The number of rotatable bonds is 12. The first-order valence-electron chi connectivity index (χ1n) is 41.4. The van der Waals surface area contributed by atoms with Crippen LogP contribution in [0.4, 0.5) is 0 Å². The molecule has 0 aliphatic heterocycles. The SMILES string of the molecule is CC1(C)c2ccccc2-c2ccc(-n3c4ccc(-c5ccc(-c6nc(-c7ccccc7)nc(-c7cccc8sc9ccc(-c%10ccc%11c(c%10)c%10ccccc%10n%11-c%10ccc%11c(c%10)c%10ccccc%10n%11-c%10ccccc%10)cc9c78)n6)cc5)cc4c4cc(-c5ccc6sc7cccc(-c8nc(-c9ccccc9)nc(-c9ccccc9)n8)c7c6c5)ccc43)cc21. The third kappa shape index (κ3) is 11.1. The smallest absolute Gasteiger partial charge is 0.164 e. The summed E-state index contributed by atoms with van der Waals surface area (Å²) >= 11 is 3.60. The van der Waals surface area contributed by atoms with Crippen molar-refractivity contribution < 1.29 is 0 Å². The van der Waals surface area contributed by atoms with Crippen LogP contribution in [0.1, 0.15) is 25.0 Å². The molecule has 7 aromatic heterocycles. The Morgan fingerprint density at radius 2 is 0.525 bits per heavy atom. The highest BCUT2D eigenvalue weighted by Crippen LogP contribution is 2.52. The van der Waals surface area contributed by atoms with Crippen molar-refractivity contribution in [1.82, 2.24) is 43.6 Å². The van der Waals surface area contributed by atoms with Gasteiger partial charge >= 0.3 is 0 Å². The molecule has 570 valence electrons. The summed E-state index contributed by atoms with van der Waals surface area (Å²) in [6, 6.07) is 139. The van der Waals surface area contributed by atoms with Crippen molar-refractivity contribution in [3.05, 3.63) is 393 Å². The lowest BCUT2D eigenvalue weighted by Crippen LogP contribution is -2.15. The molecular weight excluding hydrogens is 1520 g/mol. The largest absolute Gasteiger partial charge is 0.309 e. The van der Waals surface area contributed by atoms with Gasteiger partial charge in [0, 0.05) is 129 Å². The van der Waals surface area contributed by atoms with E-state index in [0.717, 1.165) is 138 Å². The molecule has 1 aliphatic rings. The number of hydrogen-bond donors (Lipinski definition) is 0. The van der Waals surface area contributed by atoms with Crippen LogP contribution in [0.25, 0.3) is 236 Å². The number of nitrogens with zero attached hydrogens (tertiary/aromatic N) is 9. The number of aromatic nitrogens is 9. The van der Waals surface area contributed by atoms with E-state index < -0.39 is 0 Å². The third-order valence-electron chi connectivity index (χ3n) is 25.2. The average molecular weight is 1590 g/mol. The van der Waals surface area contributed by atoms with Crippen molar-refractivity contribution in [2.75, 3.05) is 0 Å². The van der Waals surface area contributed by atoms with E-state index in [1.807, 2.05) is 54.6 Å². The van der Waals surface area contributed by atoms with Crippen LogP contribution in [0.2, 0.25) is 0 Å². The number of thiophene rings is 2.